The highest BCUT2D eigenvalue weighted by Crippen LogP contribution is 2.11. The van der Waals surface area contributed by atoms with Gasteiger partial charge in [0, 0.05) is 18.4 Å². The molecule has 2 rings (SSSR count). The average Bonchev–Trinajstić information content (AvgIpc) is 2.48. The van der Waals surface area contributed by atoms with Gasteiger partial charge in [-0.2, -0.15) is 15.0 Å². The summed E-state index contributed by atoms with van der Waals surface area (Å²) in [7, 11) is 0. The topological polar surface area (TPSA) is 72.8 Å². The van der Waals surface area contributed by atoms with Gasteiger partial charge in [-0.25, -0.2) is 0 Å². The van der Waals surface area contributed by atoms with Crippen LogP contribution in [0.25, 0.3) is 0 Å². The van der Waals surface area contributed by atoms with Crippen LogP contribution < -0.4 is 10.1 Å². The molecule has 0 spiro atoms. The lowest BCUT2D eigenvalue weighted by Crippen LogP contribution is -2.10. The molecule has 0 radical (unpaired) electrons. The van der Waals surface area contributed by atoms with Crippen molar-refractivity contribution in [2.24, 2.45) is 0 Å². The molecule has 0 unspecified atom stereocenters. The van der Waals surface area contributed by atoms with Crippen LogP contribution in [0.5, 0.6) is 6.01 Å². The number of nitrogens with zero attached hydrogens (tertiary/aromatic N) is 4. The number of pyridine rings is 1. The van der Waals surface area contributed by atoms with Gasteiger partial charge in [-0.1, -0.05) is 13.0 Å². The first kappa shape index (κ1) is 15.2. The Balaban J connectivity index is 2.20. The number of anilines is 1. The molecule has 0 aliphatic carbocycles. The zero-order valence-corrected chi connectivity index (χ0v) is 12.8. The Bertz CT molecular complexity index is 547. The van der Waals surface area contributed by atoms with Crippen molar-refractivity contribution < 1.29 is 4.74 Å². The number of hydrogen-bond donors (Lipinski definition) is 1. The summed E-state index contributed by atoms with van der Waals surface area (Å²) in [5.74, 6) is 1.19. The highest BCUT2D eigenvalue weighted by atomic mass is 16.5. The van der Waals surface area contributed by atoms with Crippen LogP contribution >= 0.6 is 0 Å². The van der Waals surface area contributed by atoms with Crippen LogP contribution in [0.4, 0.5) is 5.95 Å². The molecular weight excluding hydrogens is 266 g/mol. The summed E-state index contributed by atoms with van der Waals surface area (Å²) < 4.78 is 5.39. The van der Waals surface area contributed by atoms with Crippen LogP contribution in [0.15, 0.2) is 18.3 Å². The van der Waals surface area contributed by atoms with E-state index in [2.05, 4.69) is 38.2 Å². The monoisotopic (exact) mass is 287 g/mol. The first-order valence-corrected chi connectivity index (χ1v) is 7.30. The lowest BCUT2D eigenvalue weighted by molar-refractivity contribution is 0.310. The van der Waals surface area contributed by atoms with Crippen LogP contribution in [-0.2, 0) is 12.8 Å². The minimum Gasteiger partial charge on any atom is -0.464 e. The van der Waals surface area contributed by atoms with E-state index in [4.69, 9.17) is 4.74 Å². The quantitative estimate of drug-likeness (QED) is 0.842. The second-order valence-corrected chi connectivity index (χ2v) is 4.51. The first-order chi connectivity index (χ1) is 10.2. The van der Waals surface area contributed by atoms with Gasteiger partial charge in [-0.15, -0.1) is 0 Å². The van der Waals surface area contributed by atoms with Crippen LogP contribution in [0.2, 0.25) is 0 Å². The fourth-order valence-electron chi connectivity index (χ4n) is 1.84. The van der Waals surface area contributed by atoms with Gasteiger partial charge < -0.3 is 10.1 Å². The maximum absolute atomic E-state index is 5.39. The molecule has 21 heavy (non-hydrogen) atoms. The molecule has 0 aliphatic rings. The van der Waals surface area contributed by atoms with E-state index in [-0.39, 0.29) is 0 Å². The fourth-order valence-corrected chi connectivity index (χ4v) is 1.84. The number of aryl methyl sites for hydroxylation is 1. The average molecular weight is 287 g/mol. The summed E-state index contributed by atoms with van der Waals surface area (Å²) in [6, 6.07) is 4.44. The lowest BCUT2D eigenvalue weighted by atomic mass is 10.2. The second-order valence-electron chi connectivity index (χ2n) is 4.51. The number of ether oxygens (including phenoxy) is 1. The molecule has 1 N–H and O–H groups in total. The van der Waals surface area contributed by atoms with Crippen LogP contribution in [0.1, 0.15) is 37.9 Å². The van der Waals surface area contributed by atoms with Crippen LogP contribution in [0.3, 0.4) is 0 Å². The Morgan fingerprint density at radius 1 is 1.10 bits per heavy atom. The smallest absolute Gasteiger partial charge is 0.321 e. The van der Waals surface area contributed by atoms with Crippen LogP contribution in [-0.4, -0.2) is 33.1 Å². The van der Waals surface area contributed by atoms with Gasteiger partial charge in [0.25, 0.3) is 0 Å². The van der Waals surface area contributed by atoms with Crippen molar-refractivity contribution in [3.05, 3.63) is 35.4 Å². The Morgan fingerprint density at radius 3 is 2.57 bits per heavy atom. The van der Waals surface area contributed by atoms with Gasteiger partial charge in [0.1, 0.15) is 5.82 Å². The largest absolute Gasteiger partial charge is 0.464 e. The minimum atomic E-state index is 0.351. The van der Waals surface area contributed by atoms with Crippen molar-refractivity contribution in [3.8, 4) is 6.01 Å². The molecule has 6 heteroatoms. The highest BCUT2D eigenvalue weighted by molar-refractivity contribution is 5.27. The third kappa shape index (κ3) is 4.37. The standard InChI is InChI=1S/C15H21N5O/c1-4-11-7-8-12(17-10-11)9-13-18-14(16-5-2)20-15(19-13)21-6-3/h7-8,10H,4-6,9H2,1-3H3,(H,16,18,19,20). The number of hydrogen-bond acceptors (Lipinski definition) is 6. The van der Waals surface area contributed by atoms with E-state index in [1.54, 1.807) is 0 Å². The molecule has 0 saturated carbocycles. The fraction of sp³-hybridized carbons (Fsp3) is 0.467. The summed E-state index contributed by atoms with van der Waals surface area (Å²) >= 11 is 0. The molecular formula is C15H21N5O. The van der Waals surface area contributed by atoms with Crippen molar-refractivity contribution in [1.82, 2.24) is 19.9 Å². The Morgan fingerprint density at radius 2 is 1.95 bits per heavy atom. The molecule has 0 saturated heterocycles. The SMILES string of the molecule is CCNc1nc(Cc2ccc(CC)cn2)nc(OCC)n1. The molecule has 2 aromatic rings. The molecule has 0 aromatic carbocycles. The summed E-state index contributed by atoms with van der Waals surface area (Å²) in [6.07, 6.45) is 3.44. The predicted molar refractivity (Wildman–Crippen MR) is 81.6 cm³/mol. The molecule has 2 aromatic heterocycles. The van der Waals surface area contributed by atoms with Crippen molar-refractivity contribution >= 4 is 5.95 Å². The maximum atomic E-state index is 5.39. The molecule has 0 aliphatic heterocycles. The van der Waals surface area contributed by atoms with E-state index in [0.717, 1.165) is 18.7 Å². The van der Waals surface area contributed by atoms with Crippen molar-refractivity contribution in [1.29, 1.82) is 0 Å². The van der Waals surface area contributed by atoms with E-state index in [9.17, 15) is 0 Å². The summed E-state index contributed by atoms with van der Waals surface area (Å²) in [5.41, 5.74) is 2.15. The van der Waals surface area contributed by atoms with Gasteiger partial charge in [0.2, 0.25) is 5.95 Å². The Labute approximate surface area is 125 Å². The van der Waals surface area contributed by atoms with Gasteiger partial charge in [0.15, 0.2) is 0 Å². The van der Waals surface area contributed by atoms with E-state index in [0.29, 0.717) is 30.8 Å². The predicted octanol–water partition coefficient (Wildman–Crippen LogP) is 2.25. The van der Waals surface area contributed by atoms with Gasteiger partial charge in [0.05, 0.1) is 13.0 Å². The van der Waals surface area contributed by atoms with E-state index >= 15 is 0 Å². The summed E-state index contributed by atoms with van der Waals surface area (Å²) in [4.78, 5) is 17.3. The molecule has 0 fully saturated rings. The van der Waals surface area contributed by atoms with Crippen molar-refractivity contribution in [2.75, 3.05) is 18.5 Å². The molecule has 0 atom stereocenters. The molecule has 0 bridgehead atoms. The normalized spacial score (nSPS) is 10.4. The van der Waals surface area contributed by atoms with Crippen molar-refractivity contribution in [2.45, 2.75) is 33.6 Å². The molecule has 0 amide bonds. The van der Waals surface area contributed by atoms with Gasteiger partial charge in [-0.05, 0) is 31.9 Å². The van der Waals surface area contributed by atoms with Crippen molar-refractivity contribution in [3.63, 3.8) is 0 Å². The molecule has 6 nitrogen and oxygen atoms in total. The Kier molecular flexibility index (Phi) is 5.43. The highest BCUT2D eigenvalue weighted by Gasteiger charge is 2.08. The van der Waals surface area contributed by atoms with Crippen LogP contribution in [0, 0.1) is 0 Å². The third-order valence-corrected chi connectivity index (χ3v) is 2.90. The van der Waals surface area contributed by atoms with E-state index in [1.807, 2.05) is 26.1 Å². The van der Waals surface area contributed by atoms with E-state index < -0.39 is 0 Å². The minimum absolute atomic E-state index is 0.351. The second kappa shape index (κ2) is 7.52. The molecule has 112 valence electrons. The zero-order chi connectivity index (χ0) is 15.1. The number of nitrogens with one attached hydrogen (secondary N) is 1. The van der Waals surface area contributed by atoms with E-state index in [1.165, 1.54) is 5.56 Å². The Hall–Kier alpha value is -2.24. The lowest BCUT2D eigenvalue weighted by Gasteiger charge is -2.08. The first-order valence-electron chi connectivity index (χ1n) is 7.30. The maximum Gasteiger partial charge on any atom is 0.321 e. The van der Waals surface area contributed by atoms with Gasteiger partial charge >= 0.3 is 6.01 Å². The molecule has 2 heterocycles. The zero-order valence-electron chi connectivity index (χ0n) is 12.8. The van der Waals surface area contributed by atoms with Gasteiger partial charge in [-0.3, -0.25) is 4.98 Å². The summed E-state index contributed by atoms with van der Waals surface area (Å²) in [5, 5.41) is 3.09. The number of aromatic nitrogens is 4. The third-order valence-electron chi connectivity index (χ3n) is 2.90. The number of rotatable bonds is 7. The summed E-state index contributed by atoms with van der Waals surface area (Å²) in [6.45, 7) is 7.28.